The van der Waals surface area contributed by atoms with E-state index in [1.165, 1.54) is 12.5 Å². The first-order chi connectivity index (χ1) is 9.88. The number of benzene rings is 1. The molecular weight excluding hydrogens is 303 g/mol. The van der Waals surface area contributed by atoms with E-state index in [2.05, 4.69) is 5.32 Å². The van der Waals surface area contributed by atoms with Crippen molar-refractivity contribution in [3.05, 3.63) is 29.3 Å². The summed E-state index contributed by atoms with van der Waals surface area (Å²) in [6.45, 7) is 0.592. The van der Waals surface area contributed by atoms with Gasteiger partial charge in [-0.1, -0.05) is 6.42 Å². The Bertz CT molecular complexity index is 513. The zero-order chi connectivity index (χ0) is 15.5. The molecule has 1 fully saturated rings. The maximum atomic E-state index is 12.9. The molecular formula is C14H16F3NO2S. The minimum absolute atomic E-state index is 0.304. The van der Waals surface area contributed by atoms with Gasteiger partial charge >= 0.3 is 12.1 Å². The fraction of sp³-hybridized carbons (Fsp3) is 0.500. The predicted molar refractivity (Wildman–Crippen MR) is 77.0 cm³/mol. The van der Waals surface area contributed by atoms with Gasteiger partial charge in [-0.15, -0.1) is 0 Å². The van der Waals surface area contributed by atoms with Gasteiger partial charge in [0.25, 0.3) is 0 Å². The monoisotopic (exact) mass is 319 g/mol. The molecule has 1 aromatic carbocycles. The van der Waals surface area contributed by atoms with E-state index in [-0.39, 0.29) is 0 Å². The van der Waals surface area contributed by atoms with Crippen LogP contribution >= 0.6 is 11.8 Å². The van der Waals surface area contributed by atoms with Crippen LogP contribution in [-0.4, -0.2) is 28.6 Å². The second kappa shape index (κ2) is 6.60. The Labute approximate surface area is 124 Å². The molecule has 0 bridgehead atoms. The van der Waals surface area contributed by atoms with E-state index in [9.17, 15) is 18.0 Å². The number of carboxylic acids is 1. The molecule has 1 atom stereocenters. The van der Waals surface area contributed by atoms with Crippen LogP contribution in [0.15, 0.2) is 18.2 Å². The van der Waals surface area contributed by atoms with Gasteiger partial charge in [0.15, 0.2) is 0 Å². The number of halogens is 3. The lowest BCUT2D eigenvalue weighted by Gasteiger charge is -2.22. The van der Waals surface area contributed by atoms with Gasteiger partial charge in [-0.05, 0) is 36.8 Å². The van der Waals surface area contributed by atoms with Crippen molar-refractivity contribution in [1.82, 2.24) is 0 Å². The molecule has 1 aromatic rings. The number of nitrogens with one attached hydrogen (secondary N) is 1. The third kappa shape index (κ3) is 4.30. The number of rotatable bonds is 4. The standard InChI is InChI=1S/C14H16F3NO2S/c15-14(16,17)12-7-9(4-5-11(12)13(19)20)18-8-10-3-1-2-6-21-10/h4-5,7,10,18H,1-3,6,8H2,(H,19,20). The molecule has 1 aliphatic heterocycles. The molecule has 0 radical (unpaired) electrons. The minimum Gasteiger partial charge on any atom is -0.478 e. The highest BCUT2D eigenvalue weighted by atomic mass is 32.2. The lowest BCUT2D eigenvalue weighted by molar-refractivity contribution is -0.138. The molecule has 1 aliphatic rings. The van der Waals surface area contributed by atoms with E-state index in [1.807, 2.05) is 11.8 Å². The van der Waals surface area contributed by atoms with E-state index in [1.54, 1.807) is 0 Å². The zero-order valence-corrected chi connectivity index (χ0v) is 12.1. The fourth-order valence-corrected chi connectivity index (χ4v) is 3.51. The normalized spacial score (nSPS) is 19.3. The number of alkyl halides is 3. The van der Waals surface area contributed by atoms with Gasteiger partial charge < -0.3 is 10.4 Å². The summed E-state index contributed by atoms with van der Waals surface area (Å²) in [6.07, 6.45) is -1.29. The van der Waals surface area contributed by atoms with Crippen molar-refractivity contribution in [2.24, 2.45) is 0 Å². The first-order valence-corrected chi connectivity index (χ1v) is 7.73. The lowest BCUT2D eigenvalue weighted by Crippen LogP contribution is -2.20. The quantitative estimate of drug-likeness (QED) is 0.877. The van der Waals surface area contributed by atoms with E-state index in [0.717, 1.165) is 30.7 Å². The largest absolute Gasteiger partial charge is 0.478 e. The molecule has 0 aliphatic carbocycles. The van der Waals surface area contributed by atoms with Crippen molar-refractivity contribution in [1.29, 1.82) is 0 Å². The fourth-order valence-electron chi connectivity index (χ4n) is 2.28. The second-order valence-corrected chi connectivity index (χ2v) is 6.34. The van der Waals surface area contributed by atoms with Gasteiger partial charge in [-0.25, -0.2) is 4.79 Å². The SMILES string of the molecule is O=C(O)c1ccc(NCC2CCCCS2)cc1C(F)(F)F. The van der Waals surface area contributed by atoms with Crippen molar-refractivity contribution >= 4 is 23.4 Å². The van der Waals surface area contributed by atoms with Gasteiger partial charge in [0.1, 0.15) is 0 Å². The van der Waals surface area contributed by atoms with Crippen LogP contribution in [0.4, 0.5) is 18.9 Å². The molecule has 1 saturated heterocycles. The Morgan fingerprint density at radius 2 is 2.14 bits per heavy atom. The highest BCUT2D eigenvalue weighted by Crippen LogP contribution is 2.34. The molecule has 116 valence electrons. The van der Waals surface area contributed by atoms with Crippen LogP contribution in [0.3, 0.4) is 0 Å². The molecule has 1 heterocycles. The van der Waals surface area contributed by atoms with Crippen molar-refractivity contribution in [2.75, 3.05) is 17.6 Å². The molecule has 7 heteroatoms. The number of thioether (sulfide) groups is 1. The molecule has 0 saturated carbocycles. The zero-order valence-electron chi connectivity index (χ0n) is 11.2. The summed E-state index contributed by atoms with van der Waals surface area (Å²) in [5, 5.41) is 12.2. The highest BCUT2D eigenvalue weighted by Gasteiger charge is 2.35. The van der Waals surface area contributed by atoms with Gasteiger partial charge in [-0.2, -0.15) is 24.9 Å². The molecule has 0 amide bonds. The Hall–Kier alpha value is -1.37. The lowest BCUT2D eigenvalue weighted by atomic mass is 10.1. The van der Waals surface area contributed by atoms with Crippen LogP contribution < -0.4 is 5.32 Å². The Morgan fingerprint density at radius 3 is 2.71 bits per heavy atom. The summed E-state index contributed by atoms with van der Waals surface area (Å²) in [4.78, 5) is 10.9. The Kier molecular flexibility index (Phi) is 5.03. The van der Waals surface area contributed by atoms with Gasteiger partial charge in [0.05, 0.1) is 11.1 Å². The van der Waals surface area contributed by atoms with Gasteiger partial charge in [-0.3, -0.25) is 0 Å². The summed E-state index contributed by atoms with van der Waals surface area (Å²) >= 11 is 1.82. The minimum atomic E-state index is -4.68. The maximum absolute atomic E-state index is 12.9. The molecule has 1 unspecified atom stereocenters. The Morgan fingerprint density at radius 1 is 1.38 bits per heavy atom. The maximum Gasteiger partial charge on any atom is 0.417 e. The predicted octanol–water partition coefficient (Wildman–Crippen LogP) is 4.10. The van der Waals surface area contributed by atoms with Crippen molar-refractivity contribution in [3.63, 3.8) is 0 Å². The number of carboxylic acid groups (broad SMARTS) is 1. The third-order valence-corrected chi connectivity index (χ3v) is 4.76. The molecule has 0 aromatic heterocycles. The summed E-state index contributed by atoms with van der Waals surface area (Å²) in [5.41, 5.74) is -1.53. The molecule has 2 N–H and O–H groups in total. The number of carbonyl (C=O) groups is 1. The summed E-state index contributed by atoms with van der Waals surface area (Å²) in [5.74, 6) is -0.491. The molecule has 0 spiro atoms. The van der Waals surface area contributed by atoms with Crippen molar-refractivity contribution < 1.29 is 23.1 Å². The van der Waals surface area contributed by atoms with Crippen molar-refractivity contribution in [3.8, 4) is 0 Å². The average Bonchev–Trinajstić information content (AvgIpc) is 2.45. The van der Waals surface area contributed by atoms with Crippen LogP contribution in [-0.2, 0) is 6.18 Å². The second-order valence-electron chi connectivity index (χ2n) is 4.93. The van der Waals surface area contributed by atoms with Crippen LogP contribution in [0.5, 0.6) is 0 Å². The third-order valence-electron chi connectivity index (χ3n) is 3.36. The van der Waals surface area contributed by atoms with Crippen LogP contribution in [0.1, 0.15) is 35.2 Å². The number of hydrogen-bond donors (Lipinski definition) is 2. The van der Waals surface area contributed by atoms with E-state index < -0.39 is 23.3 Å². The molecule has 3 nitrogen and oxygen atoms in total. The smallest absolute Gasteiger partial charge is 0.417 e. The Balaban J connectivity index is 2.11. The van der Waals surface area contributed by atoms with E-state index in [0.29, 0.717) is 17.5 Å². The van der Waals surface area contributed by atoms with Gasteiger partial charge in [0.2, 0.25) is 0 Å². The highest BCUT2D eigenvalue weighted by molar-refractivity contribution is 7.99. The van der Waals surface area contributed by atoms with Crippen molar-refractivity contribution in [2.45, 2.75) is 30.7 Å². The summed E-state index contributed by atoms with van der Waals surface area (Å²) in [6, 6.07) is 3.25. The first kappa shape index (κ1) is 16.0. The number of hydrogen-bond acceptors (Lipinski definition) is 3. The van der Waals surface area contributed by atoms with E-state index in [4.69, 9.17) is 5.11 Å². The topological polar surface area (TPSA) is 49.3 Å². The summed E-state index contributed by atoms with van der Waals surface area (Å²) in [7, 11) is 0. The van der Waals surface area contributed by atoms with Crippen LogP contribution in [0, 0.1) is 0 Å². The van der Waals surface area contributed by atoms with Gasteiger partial charge in [0, 0.05) is 17.5 Å². The summed E-state index contributed by atoms with van der Waals surface area (Å²) < 4.78 is 38.7. The average molecular weight is 319 g/mol. The van der Waals surface area contributed by atoms with Crippen LogP contribution in [0.25, 0.3) is 0 Å². The number of anilines is 1. The van der Waals surface area contributed by atoms with E-state index >= 15 is 0 Å². The number of aromatic carboxylic acids is 1. The molecule has 21 heavy (non-hydrogen) atoms. The molecule has 2 rings (SSSR count). The first-order valence-electron chi connectivity index (χ1n) is 6.68. The van der Waals surface area contributed by atoms with Crippen LogP contribution in [0.2, 0.25) is 0 Å².